The van der Waals surface area contributed by atoms with Crippen molar-refractivity contribution in [3.8, 4) is 22.6 Å². The molecule has 0 bridgehead atoms. The Morgan fingerprint density at radius 1 is 0.821 bits per heavy atom. The first-order valence-electron chi connectivity index (χ1n) is 8.83. The Morgan fingerprint density at radius 3 is 2.32 bits per heavy atom. The first-order chi connectivity index (χ1) is 13.7. The van der Waals surface area contributed by atoms with E-state index >= 15 is 0 Å². The number of aromatic nitrogens is 1. The van der Waals surface area contributed by atoms with Crippen LogP contribution in [0.1, 0.15) is 5.69 Å². The highest BCUT2D eigenvalue weighted by atomic mass is 27.2. The lowest BCUT2D eigenvalue weighted by molar-refractivity contribution is 0.461. The van der Waals surface area contributed by atoms with Gasteiger partial charge in [0.1, 0.15) is 5.75 Å². The standard InChI is InChI=1S/C12H10O.C11H8N2O.Al/c13-12-8-6-11(7-9-12)10-4-2-1-3-5-10;1-7-3-4-8-9(12-2)5-6-10(14)11(8)13-7;/h1-9,13H;3-6,14H,1H3;/q;;+2/p-2. The fraction of sp³-hybridized carbons (Fsp3) is 0.0435. The number of rotatable bonds is 5. The highest BCUT2D eigenvalue weighted by Crippen LogP contribution is 2.32. The van der Waals surface area contributed by atoms with E-state index in [0.29, 0.717) is 17.0 Å². The van der Waals surface area contributed by atoms with Crippen LogP contribution in [0, 0.1) is 13.5 Å². The predicted octanol–water partition coefficient (Wildman–Crippen LogP) is 5.75. The van der Waals surface area contributed by atoms with E-state index in [4.69, 9.17) is 14.1 Å². The van der Waals surface area contributed by atoms with Crippen LogP contribution in [-0.2, 0) is 0 Å². The quantitative estimate of drug-likeness (QED) is 0.327. The molecule has 0 amide bonds. The van der Waals surface area contributed by atoms with Crippen molar-refractivity contribution in [3.63, 3.8) is 0 Å². The summed E-state index contributed by atoms with van der Waals surface area (Å²) in [4.78, 5) is 8.11. The summed E-state index contributed by atoms with van der Waals surface area (Å²) in [5, 5.41) is 0.796. The molecule has 0 aliphatic heterocycles. The number of fused-ring (bicyclic) bond motifs is 1. The molecule has 1 heterocycles. The van der Waals surface area contributed by atoms with Crippen molar-refractivity contribution in [2.24, 2.45) is 0 Å². The minimum Gasteiger partial charge on any atom is -0.616 e. The third-order valence-corrected chi connectivity index (χ3v) is 5.10. The highest BCUT2D eigenvalue weighted by molar-refractivity contribution is 6.21. The van der Waals surface area contributed by atoms with E-state index < -0.39 is 15.9 Å². The summed E-state index contributed by atoms with van der Waals surface area (Å²) in [5.41, 5.74) is 4.47. The molecule has 1 aromatic heterocycles. The molecule has 4 rings (SSSR count). The maximum absolute atomic E-state index is 7.32. The van der Waals surface area contributed by atoms with Gasteiger partial charge in [0.15, 0.2) is 5.69 Å². The van der Waals surface area contributed by atoms with E-state index in [9.17, 15) is 0 Å². The van der Waals surface area contributed by atoms with Gasteiger partial charge in [-0.15, -0.1) is 0 Å². The summed E-state index contributed by atoms with van der Waals surface area (Å²) < 4.78 is 11.7. The van der Waals surface area contributed by atoms with Gasteiger partial charge >= 0.3 is 15.9 Å². The van der Waals surface area contributed by atoms with Crippen LogP contribution in [0.15, 0.2) is 78.9 Å². The number of pyridine rings is 1. The van der Waals surface area contributed by atoms with Crippen LogP contribution in [0.5, 0.6) is 11.5 Å². The van der Waals surface area contributed by atoms with E-state index in [2.05, 4.69) is 22.0 Å². The first kappa shape index (κ1) is 18.1. The van der Waals surface area contributed by atoms with E-state index in [1.807, 2.05) is 61.5 Å². The Hall–Kier alpha value is -3.31. The lowest BCUT2D eigenvalue weighted by Crippen LogP contribution is -2.11. The van der Waals surface area contributed by atoms with Crippen molar-refractivity contribution in [2.75, 3.05) is 0 Å². The van der Waals surface area contributed by atoms with Crippen LogP contribution in [-0.4, -0.2) is 20.9 Å². The van der Waals surface area contributed by atoms with Gasteiger partial charge in [0.2, 0.25) is 0 Å². The third kappa shape index (κ3) is 3.85. The summed E-state index contributed by atoms with van der Waals surface area (Å²) >= 11 is -0.753. The fourth-order valence-electron chi connectivity index (χ4n) is 2.96. The van der Waals surface area contributed by atoms with Gasteiger partial charge in [0.25, 0.3) is 0 Å². The molecule has 0 atom stereocenters. The molecule has 4 aromatic rings. The number of hydrogen-bond donors (Lipinski definition) is 0. The van der Waals surface area contributed by atoms with Crippen molar-refractivity contribution in [1.29, 1.82) is 0 Å². The maximum atomic E-state index is 7.32. The van der Waals surface area contributed by atoms with E-state index in [1.165, 1.54) is 5.56 Å². The minimum absolute atomic E-state index is 0.572. The maximum Gasteiger partial charge on any atom is 0.881 e. The van der Waals surface area contributed by atoms with Crippen molar-refractivity contribution in [3.05, 3.63) is 96.0 Å². The minimum atomic E-state index is -0.753. The Labute approximate surface area is 170 Å². The molecule has 1 radical (unpaired) electrons. The molecule has 4 nitrogen and oxygen atoms in total. The van der Waals surface area contributed by atoms with E-state index in [-0.39, 0.29) is 0 Å². The largest absolute Gasteiger partial charge is 0.881 e. The van der Waals surface area contributed by atoms with Gasteiger partial charge in [0, 0.05) is 11.1 Å². The third-order valence-electron chi connectivity index (χ3n) is 4.38. The van der Waals surface area contributed by atoms with Crippen LogP contribution >= 0.6 is 0 Å². The molecule has 0 aliphatic rings. The average molecular weight is 379 g/mol. The smallest absolute Gasteiger partial charge is 0.616 e. The molecule has 0 saturated heterocycles. The summed E-state index contributed by atoms with van der Waals surface area (Å²) in [6.07, 6.45) is 0. The van der Waals surface area contributed by atoms with Gasteiger partial charge in [-0.25, -0.2) is 4.85 Å². The zero-order valence-corrected chi connectivity index (χ0v) is 16.4. The molecular weight excluding hydrogens is 363 g/mol. The monoisotopic (exact) mass is 379 g/mol. The SMILES string of the molecule is [C-]#[N+]c1ccc([O][Al][O]c2ccc(-c3ccccc3)cc2)c2nc(C)ccc12. The second-order valence-electron chi connectivity index (χ2n) is 6.27. The Morgan fingerprint density at radius 2 is 1.57 bits per heavy atom. The van der Waals surface area contributed by atoms with Crippen molar-refractivity contribution >= 4 is 32.5 Å². The topological polar surface area (TPSA) is 35.7 Å². The van der Waals surface area contributed by atoms with Crippen LogP contribution in [0.2, 0.25) is 0 Å². The van der Waals surface area contributed by atoms with Crippen LogP contribution in [0.25, 0.3) is 26.9 Å². The van der Waals surface area contributed by atoms with E-state index in [0.717, 1.165) is 22.4 Å². The van der Waals surface area contributed by atoms with Crippen LogP contribution in [0.3, 0.4) is 0 Å². The number of hydrogen-bond acceptors (Lipinski definition) is 3. The van der Waals surface area contributed by atoms with Crippen molar-refractivity contribution < 1.29 is 7.58 Å². The molecular formula is C23H16AlN2O2. The summed E-state index contributed by atoms with van der Waals surface area (Å²) in [6, 6.07) is 25.5. The van der Waals surface area contributed by atoms with Gasteiger partial charge in [-0.3, -0.25) is 4.98 Å². The summed E-state index contributed by atoms with van der Waals surface area (Å²) in [5.74, 6) is 1.41. The summed E-state index contributed by atoms with van der Waals surface area (Å²) in [7, 11) is 0. The number of aryl methyl sites for hydroxylation is 1. The average Bonchev–Trinajstić information content (AvgIpc) is 2.75. The molecule has 0 aliphatic carbocycles. The second kappa shape index (κ2) is 8.15. The molecule has 5 heteroatoms. The van der Waals surface area contributed by atoms with Gasteiger partial charge in [-0.05, 0) is 42.3 Å². The Kier molecular flexibility index (Phi) is 5.26. The van der Waals surface area contributed by atoms with Gasteiger partial charge in [-0.1, -0.05) is 54.6 Å². The first-order valence-corrected chi connectivity index (χ1v) is 9.77. The Balaban J connectivity index is 1.47. The number of benzene rings is 3. The zero-order chi connectivity index (χ0) is 19.3. The molecule has 133 valence electrons. The van der Waals surface area contributed by atoms with Gasteiger partial charge in [-0.2, -0.15) is 0 Å². The van der Waals surface area contributed by atoms with Crippen LogP contribution < -0.4 is 7.58 Å². The number of nitrogens with zero attached hydrogens (tertiary/aromatic N) is 2. The highest BCUT2D eigenvalue weighted by Gasteiger charge is 2.12. The normalized spacial score (nSPS) is 10.3. The second-order valence-corrected chi connectivity index (χ2v) is 6.93. The van der Waals surface area contributed by atoms with Gasteiger partial charge < -0.3 is 7.58 Å². The van der Waals surface area contributed by atoms with Crippen LogP contribution in [0.4, 0.5) is 5.69 Å². The zero-order valence-electron chi connectivity index (χ0n) is 15.3. The molecule has 28 heavy (non-hydrogen) atoms. The molecule has 3 aromatic carbocycles. The molecule has 0 saturated carbocycles. The molecule has 0 fully saturated rings. The Bertz CT molecular complexity index is 1150. The lowest BCUT2D eigenvalue weighted by atomic mass is 10.1. The van der Waals surface area contributed by atoms with Gasteiger partial charge in [0.05, 0.1) is 17.8 Å². The molecule has 0 spiro atoms. The fourth-order valence-corrected chi connectivity index (χ4v) is 3.57. The predicted molar refractivity (Wildman–Crippen MR) is 112 cm³/mol. The molecule has 0 N–H and O–H groups in total. The lowest BCUT2D eigenvalue weighted by Gasteiger charge is -2.12. The summed E-state index contributed by atoms with van der Waals surface area (Å²) in [6.45, 7) is 9.24. The van der Waals surface area contributed by atoms with Crippen molar-refractivity contribution in [2.45, 2.75) is 6.92 Å². The van der Waals surface area contributed by atoms with E-state index in [1.54, 1.807) is 12.1 Å². The molecule has 0 unspecified atom stereocenters. The van der Waals surface area contributed by atoms with Crippen molar-refractivity contribution in [1.82, 2.24) is 4.98 Å².